The average Bonchev–Trinajstić information content (AvgIpc) is 2.40. The van der Waals surface area contributed by atoms with Crippen LogP contribution in [0.15, 0.2) is 18.2 Å². The molecule has 2 atom stereocenters. The molecule has 2 N–H and O–H groups in total. The number of methoxy groups -OCH3 is 1. The minimum absolute atomic E-state index is 0.0112. The largest absolute Gasteiger partial charge is 0.496 e. The van der Waals surface area contributed by atoms with E-state index in [9.17, 15) is 4.79 Å². The molecule has 1 saturated heterocycles. The minimum Gasteiger partial charge on any atom is -0.496 e. The highest BCUT2D eigenvalue weighted by Crippen LogP contribution is 2.34. The number of nitrogens with two attached hydrogens (primary N) is 1. The second-order valence-corrected chi connectivity index (χ2v) is 5.77. The van der Waals surface area contributed by atoms with Crippen LogP contribution in [0.25, 0.3) is 0 Å². The van der Waals surface area contributed by atoms with E-state index >= 15 is 0 Å². The minimum atomic E-state index is -0.0409. The molecule has 1 aromatic carbocycles. The zero-order valence-corrected chi connectivity index (χ0v) is 12.7. The number of likely N-dealkylation sites (tertiary alicyclic amines) is 1. The Balaban J connectivity index is 2.40. The van der Waals surface area contributed by atoms with Crippen molar-refractivity contribution in [3.8, 4) is 5.75 Å². The number of hydrogen-bond donors (Lipinski definition) is 1. The quantitative estimate of drug-likeness (QED) is 0.922. The van der Waals surface area contributed by atoms with Gasteiger partial charge in [0, 0.05) is 18.5 Å². The molecule has 0 aromatic heterocycles. The summed E-state index contributed by atoms with van der Waals surface area (Å²) in [6.45, 7) is 6.09. The topological polar surface area (TPSA) is 55.6 Å². The molecular weight excluding hydrogens is 252 g/mol. The molecule has 2 unspecified atom stereocenters. The van der Waals surface area contributed by atoms with Crippen LogP contribution in [0.1, 0.15) is 43.9 Å². The maximum atomic E-state index is 12.2. The van der Waals surface area contributed by atoms with Crippen molar-refractivity contribution in [2.45, 2.75) is 51.7 Å². The van der Waals surface area contributed by atoms with Gasteiger partial charge in [-0.25, -0.2) is 0 Å². The number of carbonyl (C=O) groups is 1. The number of ether oxygens (including phenoxy) is 1. The van der Waals surface area contributed by atoms with Gasteiger partial charge in [0.15, 0.2) is 0 Å². The van der Waals surface area contributed by atoms with Crippen molar-refractivity contribution in [1.29, 1.82) is 0 Å². The molecule has 4 heteroatoms. The summed E-state index contributed by atoms with van der Waals surface area (Å²) in [5.74, 6) is 1.06. The van der Waals surface area contributed by atoms with Gasteiger partial charge in [0.25, 0.3) is 0 Å². The molecule has 20 heavy (non-hydrogen) atoms. The highest BCUT2D eigenvalue weighted by Gasteiger charge is 2.36. The fourth-order valence-electron chi connectivity index (χ4n) is 3.04. The van der Waals surface area contributed by atoms with Crippen LogP contribution in [0.3, 0.4) is 0 Å². The Morgan fingerprint density at radius 2 is 2.10 bits per heavy atom. The molecule has 110 valence electrons. The number of aryl methyl sites for hydroxylation is 1. The Morgan fingerprint density at radius 1 is 1.40 bits per heavy atom. The van der Waals surface area contributed by atoms with Gasteiger partial charge in [0.1, 0.15) is 5.75 Å². The lowest BCUT2D eigenvalue weighted by molar-refractivity contribution is -0.139. The van der Waals surface area contributed by atoms with Crippen molar-refractivity contribution in [2.24, 2.45) is 5.73 Å². The van der Waals surface area contributed by atoms with Crippen LogP contribution in [-0.4, -0.2) is 30.0 Å². The lowest BCUT2D eigenvalue weighted by Gasteiger charge is -2.42. The van der Waals surface area contributed by atoms with E-state index in [-0.39, 0.29) is 24.0 Å². The Bertz CT molecular complexity index is 499. The van der Waals surface area contributed by atoms with Gasteiger partial charge in [0.2, 0.25) is 5.91 Å². The predicted molar refractivity (Wildman–Crippen MR) is 79.7 cm³/mol. The first kappa shape index (κ1) is 14.9. The third-order valence-corrected chi connectivity index (χ3v) is 4.00. The third-order valence-electron chi connectivity index (χ3n) is 4.00. The van der Waals surface area contributed by atoms with Crippen LogP contribution in [0.5, 0.6) is 5.75 Å². The molecule has 1 aliphatic heterocycles. The lowest BCUT2D eigenvalue weighted by atomic mass is 9.88. The summed E-state index contributed by atoms with van der Waals surface area (Å²) in [5.41, 5.74) is 8.46. The molecule has 1 aliphatic rings. The monoisotopic (exact) mass is 276 g/mol. The van der Waals surface area contributed by atoms with E-state index in [1.807, 2.05) is 37.8 Å². The number of carbonyl (C=O) groups excluding carboxylic acids is 1. The maximum Gasteiger partial charge on any atom is 0.223 e. The summed E-state index contributed by atoms with van der Waals surface area (Å²) >= 11 is 0. The fourth-order valence-corrected chi connectivity index (χ4v) is 3.04. The van der Waals surface area contributed by atoms with E-state index in [2.05, 4.69) is 6.07 Å². The van der Waals surface area contributed by atoms with E-state index in [0.29, 0.717) is 6.42 Å². The number of rotatable bonds is 3. The number of nitrogens with zero attached hydrogens (tertiary/aromatic N) is 1. The molecule has 1 aromatic rings. The van der Waals surface area contributed by atoms with Gasteiger partial charge in [-0.3, -0.25) is 4.79 Å². The van der Waals surface area contributed by atoms with E-state index in [4.69, 9.17) is 10.5 Å². The molecule has 1 heterocycles. The first-order valence-electron chi connectivity index (χ1n) is 7.17. The third kappa shape index (κ3) is 2.66. The van der Waals surface area contributed by atoms with Gasteiger partial charge in [-0.2, -0.15) is 0 Å². The molecule has 0 radical (unpaired) electrons. The molecule has 4 nitrogen and oxygen atoms in total. The molecular formula is C16H24N2O2. The van der Waals surface area contributed by atoms with Crippen LogP contribution in [0, 0.1) is 6.92 Å². The highest BCUT2D eigenvalue weighted by molar-refractivity contribution is 5.78. The van der Waals surface area contributed by atoms with Crippen molar-refractivity contribution < 1.29 is 9.53 Å². The van der Waals surface area contributed by atoms with Crippen molar-refractivity contribution in [1.82, 2.24) is 4.90 Å². The Kier molecular flexibility index (Phi) is 4.33. The fraction of sp³-hybridized carbons (Fsp3) is 0.562. The summed E-state index contributed by atoms with van der Waals surface area (Å²) in [7, 11) is 1.66. The standard InChI is InChI=1S/C16H24N2O2/c1-10(2)18-15(19)8-6-13(17)16(18)12-5-7-14(20-4)11(3)9-12/h5,7,9-10,13,16H,6,8,17H2,1-4H3. The van der Waals surface area contributed by atoms with Crippen molar-refractivity contribution in [3.63, 3.8) is 0 Å². The molecule has 0 bridgehead atoms. The van der Waals surface area contributed by atoms with Gasteiger partial charge in [-0.15, -0.1) is 0 Å². The summed E-state index contributed by atoms with van der Waals surface area (Å²) in [6.07, 6.45) is 1.29. The zero-order chi connectivity index (χ0) is 14.9. The van der Waals surface area contributed by atoms with Crippen LogP contribution >= 0.6 is 0 Å². The van der Waals surface area contributed by atoms with Gasteiger partial charge in [0.05, 0.1) is 13.2 Å². The maximum absolute atomic E-state index is 12.2. The van der Waals surface area contributed by atoms with Crippen molar-refractivity contribution in [2.75, 3.05) is 7.11 Å². The second-order valence-electron chi connectivity index (χ2n) is 5.77. The SMILES string of the molecule is COc1ccc(C2C(N)CCC(=O)N2C(C)C)cc1C. The van der Waals surface area contributed by atoms with Crippen LogP contribution < -0.4 is 10.5 Å². The van der Waals surface area contributed by atoms with Crippen LogP contribution in [0.4, 0.5) is 0 Å². The molecule has 1 amide bonds. The Morgan fingerprint density at radius 3 is 2.65 bits per heavy atom. The van der Waals surface area contributed by atoms with Gasteiger partial charge < -0.3 is 15.4 Å². The van der Waals surface area contributed by atoms with E-state index in [1.54, 1.807) is 7.11 Å². The number of hydrogen-bond acceptors (Lipinski definition) is 3. The molecule has 1 fully saturated rings. The number of piperidine rings is 1. The summed E-state index contributed by atoms with van der Waals surface area (Å²) < 4.78 is 5.30. The second kappa shape index (κ2) is 5.83. The van der Waals surface area contributed by atoms with Crippen LogP contribution in [0.2, 0.25) is 0 Å². The smallest absolute Gasteiger partial charge is 0.223 e. The van der Waals surface area contributed by atoms with Gasteiger partial charge in [-0.1, -0.05) is 12.1 Å². The molecule has 0 aliphatic carbocycles. The first-order chi connectivity index (χ1) is 9.45. The molecule has 0 spiro atoms. The normalized spacial score (nSPS) is 23.3. The number of amides is 1. The first-order valence-corrected chi connectivity index (χ1v) is 7.17. The molecule has 2 rings (SSSR count). The van der Waals surface area contributed by atoms with Crippen molar-refractivity contribution >= 4 is 5.91 Å². The van der Waals surface area contributed by atoms with Crippen molar-refractivity contribution in [3.05, 3.63) is 29.3 Å². The summed E-state index contributed by atoms with van der Waals surface area (Å²) in [5, 5.41) is 0. The summed E-state index contributed by atoms with van der Waals surface area (Å²) in [6, 6.07) is 6.15. The van der Waals surface area contributed by atoms with E-state index < -0.39 is 0 Å². The van der Waals surface area contributed by atoms with Gasteiger partial charge in [-0.05, 0) is 44.4 Å². The Labute approximate surface area is 120 Å². The summed E-state index contributed by atoms with van der Waals surface area (Å²) in [4.78, 5) is 14.1. The zero-order valence-electron chi connectivity index (χ0n) is 12.7. The van der Waals surface area contributed by atoms with E-state index in [1.165, 1.54) is 0 Å². The number of benzene rings is 1. The van der Waals surface area contributed by atoms with Gasteiger partial charge >= 0.3 is 0 Å². The lowest BCUT2D eigenvalue weighted by Crippen LogP contribution is -2.51. The highest BCUT2D eigenvalue weighted by atomic mass is 16.5. The van der Waals surface area contributed by atoms with Crippen LogP contribution in [-0.2, 0) is 4.79 Å². The van der Waals surface area contributed by atoms with E-state index in [0.717, 1.165) is 23.3 Å². The predicted octanol–water partition coefficient (Wildman–Crippen LogP) is 2.40. The Hall–Kier alpha value is -1.55. The average molecular weight is 276 g/mol. The molecule has 0 saturated carbocycles.